The molecule has 160 valence electrons. The number of benzene rings is 1. The Morgan fingerprint density at radius 3 is 2.36 bits per heavy atom. The first-order valence-corrected chi connectivity index (χ1v) is 9.81. The molecule has 5 nitrogen and oxygen atoms in total. The Labute approximate surface area is 187 Å². The Bertz CT molecular complexity index is 621. The molecule has 1 heterocycles. The molecule has 3 N–H and O–H groups in total. The van der Waals surface area contributed by atoms with Gasteiger partial charge in [-0.3, -0.25) is 9.69 Å². The Morgan fingerprint density at radius 1 is 1.04 bits per heavy atom. The third-order valence-electron chi connectivity index (χ3n) is 5.91. The standard InChI is InChI=1S/C20H30N4O.3ClH/c21-17-7-6-16(12-17)20(25)22-18-2-1-3-19(13-18)24-10-8-23(9-11-24)14-15-4-5-15;;;/h1-3,13,15-17H,4-12,14,21H2,(H,22,25);3*1H. The van der Waals surface area contributed by atoms with Crippen molar-refractivity contribution in [1.82, 2.24) is 4.90 Å². The van der Waals surface area contributed by atoms with Gasteiger partial charge in [-0.1, -0.05) is 6.07 Å². The summed E-state index contributed by atoms with van der Waals surface area (Å²) in [5.41, 5.74) is 8.05. The van der Waals surface area contributed by atoms with Gasteiger partial charge in [0, 0.05) is 56.1 Å². The molecule has 1 aliphatic heterocycles. The third kappa shape index (κ3) is 6.67. The SMILES string of the molecule is Cl.Cl.Cl.NC1CCC(C(=O)Nc2cccc(N3CCN(CC4CC4)CC3)c2)C1. The van der Waals surface area contributed by atoms with E-state index in [4.69, 9.17) is 5.73 Å². The summed E-state index contributed by atoms with van der Waals surface area (Å²) in [6.45, 7) is 5.72. The number of anilines is 2. The van der Waals surface area contributed by atoms with Gasteiger partial charge in [-0.2, -0.15) is 0 Å². The maximum absolute atomic E-state index is 12.4. The minimum Gasteiger partial charge on any atom is -0.369 e. The molecule has 2 unspecified atom stereocenters. The Balaban J connectivity index is 0.00000131. The molecule has 1 aromatic carbocycles. The van der Waals surface area contributed by atoms with Gasteiger partial charge in [-0.25, -0.2) is 0 Å². The monoisotopic (exact) mass is 450 g/mol. The summed E-state index contributed by atoms with van der Waals surface area (Å²) < 4.78 is 0. The zero-order valence-corrected chi connectivity index (χ0v) is 18.7. The summed E-state index contributed by atoms with van der Waals surface area (Å²) in [4.78, 5) is 17.4. The second-order valence-electron chi connectivity index (χ2n) is 8.04. The van der Waals surface area contributed by atoms with Crippen LogP contribution in [0.25, 0.3) is 0 Å². The van der Waals surface area contributed by atoms with Crippen LogP contribution in [0.2, 0.25) is 0 Å². The highest BCUT2D eigenvalue weighted by molar-refractivity contribution is 5.93. The lowest BCUT2D eigenvalue weighted by atomic mass is 10.1. The number of amides is 1. The largest absolute Gasteiger partial charge is 0.369 e. The highest BCUT2D eigenvalue weighted by Crippen LogP contribution is 2.30. The number of carbonyl (C=O) groups is 1. The summed E-state index contributed by atoms with van der Waals surface area (Å²) in [6, 6.07) is 8.48. The highest BCUT2D eigenvalue weighted by Gasteiger charge is 2.28. The molecule has 1 aromatic rings. The van der Waals surface area contributed by atoms with Crippen molar-refractivity contribution >= 4 is 54.5 Å². The number of carbonyl (C=O) groups excluding carboxylic acids is 1. The van der Waals surface area contributed by atoms with E-state index in [1.807, 2.05) is 12.1 Å². The Kier molecular flexibility index (Phi) is 10.4. The van der Waals surface area contributed by atoms with Crippen molar-refractivity contribution in [3.05, 3.63) is 24.3 Å². The fraction of sp³-hybridized carbons (Fsp3) is 0.650. The maximum Gasteiger partial charge on any atom is 0.227 e. The van der Waals surface area contributed by atoms with Gasteiger partial charge in [0.25, 0.3) is 0 Å². The van der Waals surface area contributed by atoms with Gasteiger partial charge in [0.2, 0.25) is 5.91 Å². The van der Waals surface area contributed by atoms with Gasteiger partial charge < -0.3 is 16.0 Å². The number of halogens is 3. The van der Waals surface area contributed by atoms with Crippen LogP contribution in [0.15, 0.2) is 24.3 Å². The molecular formula is C20H33Cl3N4O. The van der Waals surface area contributed by atoms with E-state index in [-0.39, 0.29) is 55.1 Å². The normalized spacial score (nSPS) is 24.5. The number of hydrogen-bond acceptors (Lipinski definition) is 4. The molecule has 3 fully saturated rings. The second kappa shape index (κ2) is 11.5. The Hall–Kier alpha value is -0.720. The number of nitrogens with one attached hydrogen (secondary N) is 1. The lowest BCUT2D eigenvalue weighted by molar-refractivity contribution is -0.119. The van der Waals surface area contributed by atoms with Crippen LogP contribution >= 0.6 is 37.2 Å². The molecule has 0 bridgehead atoms. The lowest BCUT2D eigenvalue weighted by Crippen LogP contribution is -2.47. The molecule has 1 saturated heterocycles. The van der Waals surface area contributed by atoms with Gasteiger partial charge in [-0.05, 0) is 56.2 Å². The van der Waals surface area contributed by atoms with Crippen LogP contribution in [-0.2, 0) is 4.79 Å². The van der Waals surface area contributed by atoms with Crippen LogP contribution in [0.1, 0.15) is 32.1 Å². The first-order chi connectivity index (χ1) is 12.2. The van der Waals surface area contributed by atoms with Crippen LogP contribution in [-0.4, -0.2) is 49.6 Å². The molecule has 2 aliphatic carbocycles. The summed E-state index contributed by atoms with van der Waals surface area (Å²) in [5.74, 6) is 1.16. The van der Waals surface area contributed by atoms with E-state index >= 15 is 0 Å². The predicted molar refractivity (Wildman–Crippen MR) is 124 cm³/mol. The lowest BCUT2D eigenvalue weighted by Gasteiger charge is -2.36. The average Bonchev–Trinajstić information content (AvgIpc) is 3.33. The fourth-order valence-electron chi connectivity index (χ4n) is 4.13. The van der Waals surface area contributed by atoms with Crippen molar-refractivity contribution in [2.45, 2.75) is 38.1 Å². The first kappa shape index (κ1) is 25.3. The van der Waals surface area contributed by atoms with Crippen molar-refractivity contribution < 1.29 is 4.79 Å². The molecule has 0 aromatic heterocycles. The topological polar surface area (TPSA) is 61.6 Å². The minimum atomic E-state index is 0. The van der Waals surface area contributed by atoms with E-state index in [2.05, 4.69) is 27.2 Å². The number of rotatable bonds is 5. The van der Waals surface area contributed by atoms with Crippen molar-refractivity contribution in [1.29, 1.82) is 0 Å². The molecule has 3 aliphatic rings. The van der Waals surface area contributed by atoms with E-state index in [1.54, 1.807) is 0 Å². The van der Waals surface area contributed by atoms with E-state index < -0.39 is 0 Å². The van der Waals surface area contributed by atoms with Gasteiger partial charge in [-0.15, -0.1) is 37.2 Å². The summed E-state index contributed by atoms with van der Waals surface area (Å²) in [7, 11) is 0. The van der Waals surface area contributed by atoms with Crippen molar-refractivity contribution in [2.75, 3.05) is 42.9 Å². The average molecular weight is 452 g/mol. The number of hydrogen-bond donors (Lipinski definition) is 2. The van der Waals surface area contributed by atoms with E-state index in [1.165, 1.54) is 25.1 Å². The van der Waals surface area contributed by atoms with Gasteiger partial charge in [0.05, 0.1) is 0 Å². The molecular weight excluding hydrogens is 419 g/mol. The van der Waals surface area contributed by atoms with Crippen LogP contribution < -0.4 is 16.0 Å². The summed E-state index contributed by atoms with van der Waals surface area (Å²) >= 11 is 0. The third-order valence-corrected chi connectivity index (χ3v) is 5.91. The molecule has 2 saturated carbocycles. The Morgan fingerprint density at radius 2 is 1.75 bits per heavy atom. The van der Waals surface area contributed by atoms with Gasteiger partial charge in [0.15, 0.2) is 0 Å². The predicted octanol–water partition coefficient (Wildman–Crippen LogP) is 3.55. The highest BCUT2D eigenvalue weighted by atomic mass is 35.5. The van der Waals surface area contributed by atoms with Crippen LogP contribution in [0.3, 0.4) is 0 Å². The second-order valence-corrected chi connectivity index (χ2v) is 8.04. The zero-order chi connectivity index (χ0) is 17.2. The molecule has 1 amide bonds. The van der Waals surface area contributed by atoms with Crippen molar-refractivity contribution in [2.24, 2.45) is 17.6 Å². The van der Waals surface area contributed by atoms with Crippen LogP contribution in [0.4, 0.5) is 11.4 Å². The molecule has 8 heteroatoms. The number of nitrogens with zero attached hydrogens (tertiary/aromatic N) is 2. The molecule has 2 atom stereocenters. The quantitative estimate of drug-likeness (QED) is 0.718. The smallest absolute Gasteiger partial charge is 0.227 e. The molecule has 0 spiro atoms. The van der Waals surface area contributed by atoms with Crippen molar-refractivity contribution in [3.63, 3.8) is 0 Å². The first-order valence-electron chi connectivity index (χ1n) is 9.81. The zero-order valence-electron chi connectivity index (χ0n) is 16.2. The van der Waals surface area contributed by atoms with Crippen LogP contribution in [0, 0.1) is 11.8 Å². The fourth-order valence-corrected chi connectivity index (χ4v) is 4.13. The number of piperazine rings is 1. The minimum absolute atomic E-state index is 0. The summed E-state index contributed by atoms with van der Waals surface area (Å²) in [6.07, 6.45) is 5.54. The molecule has 0 radical (unpaired) electrons. The molecule has 4 rings (SSSR count). The van der Waals surface area contributed by atoms with Gasteiger partial charge in [0.1, 0.15) is 0 Å². The van der Waals surface area contributed by atoms with E-state index in [9.17, 15) is 4.79 Å². The van der Waals surface area contributed by atoms with E-state index in [0.717, 1.165) is 57.0 Å². The number of nitrogens with two attached hydrogens (primary N) is 1. The maximum atomic E-state index is 12.4. The van der Waals surface area contributed by atoms with Crippen molar-refractivity contribution in [3.8, 4) is 0 Å². The van der Waals surface area contributed by atoms with Crippen LogP contribution in [0.5, 0.6) is 0 Å². The molecule has 28 heavy (non-hydrogen) atoms. The van der Waals surface area contributed by atoms with Gasteiger partial charge >= 0.3 is 0 Å². The summed E-state index contributed by atoms with van der Waals surface area (Å²) in [5, 5.41) is 3.10. The van der Waals surface area contributed by atoms with E-state index in [0.29, 0.717) is 0 Å².